The van der Waals surface area contributed by atoms with Crippen LogP contribution in [0.1, 0.15) is 64.0 Å². The summed E-state index contributed by atoms with van der Waals surface area (Å²) in [6.07, 6.45) is -2.11. The van der Waals surface area contributed by atoms with Gasteiger partial charge in [-0.2, -0.15) is 12.6 Å². The molecule has 2 aromatic carbocycles. The van der Waals surface area contributed by atoms with E-state index in [9.17, 15) is 68.4 Å². The van der Waals surface area contributed by atoms with Crippen molar-refractivity contribution in [1.29, 1.82) is 0 Å². The number of phenols is 2. The number of aliphatic hydroxyl groups excluding tert-OH is 1. The summed E-state index contributed by atoms with van der Waals surface area (Å²) >= 11 is 4.19. The van der Waals surface area contributed by atoms with Crippen LogP contribution in [0.2, 0.25) is 0 Å². The zero-order valence-corrected chi connectivity index (χ0v) is 42.1. The Kier molecular flexibility index (Phi) is 26.7. The number of primary amides is 1. The average molecular weight is 1060 g/mol. The summed E-state index contributed by atoms with van der Waals surface area (Å²) in [5.74, 6) is -10.9. The van der Waals surface area contributed by atoms with Crippen LogP contribution in [0.4, 0.5) is 0 Å². The molecule has 20 N–H and O–H groups in total. The molecule has 27 nitrogen and oxygen atoms in total. The van der Waals surface area contributed by atoms with E-state index in [4.69, 9.17) is 22.9 Å². The summed E-state index contributed by atoms with van der Waals surface area (Å²) in [6, 6.07) is 1.46. The number of rotatable bonds is 32. The number of nitrogens with one attached hydrogen (secondary N) is 8. The summed E-state index contributed by atoms with van der Waals surface area (Å²) in [4.78, 5) is 134. The molecule has 0 bridgehead atoms. The molecule has 408 valence electrons. The quantitative estimate of drug-likeness (QED) is 0.0141. The number of aliphatic carboxylic acids is 1. The van der Waals surface area contributed by atoms with Crippen molar-refractivity contribution < 1.29 is 68.4 Å². The predicted octanol–water partition coefficient (Wildman–Crippen LogP) is -4.89. The van der Waals surface area contributed by atoms with E-state index in [1.165, 1.54) is 43.3 Å². The zero-order valence-electron chi connectivity index (χ0n) is 41.2. The third-order valence-electron chi connectivity index (χ3n) is 11.2. The summed E-state index contributed by atoms with van der Waals surface area (Å²) < 4.78 is 0. The molecule has 2 aromatic rings. The number of hydrogen-bond donors (Lipinski definition) is 17. The maximum Gasteiger partial charge on any atom is 0.326 e. The van der Waals surface area contributed by atoms with Gasteiger partial charge < -0.3 is 85.9 Å². The Morgan fingerprint density at radius 2 is 1.11 bits per heavy atom. The Bertz CT molecular complexity index is 2280. The molecule has 0 saturated heterocycles. The number of hydrogen-bond acceptors (Lipinski definition) is 16. The smallest absolute Gasteiger partial charge is 0.326 e. The van der Waals surface area contributed by atoms with Gasteiger partial charge in [0, 0.05) is 25.1 Å². The van der Waals surface area contributed by atoms with Crippen molar-refractivity contribution in [3.05, 3.63) is 59.7 Å². The SMILES string of the molecule is CC[C@H](C)[C@H](NC(=O)[C@H](CS)NC(=O)[C@@H](NC(=O)CNC(=O)[C@@H](N)Cc1ccc(O)cc1)[C@@H](C)O)C(=O)N[C@@H](Cc1ccc(O)cc1)C(=O)N[C@@H](CCC(N)=O)C(=O)NCC(=O)N[C@@H](CCCN=C(N)N)C(=O)O. The van der Waals surface area contributed by atoms with Gasteiger partial charge >= 0.3 is 5.97 Å². The lowest BCUT2D eigenvalue weighted by Gasteiger charge is -2.29. The number of aliphatic imine (C=N–C) groups is 1. The van der Waals surface area contributed by atoms with Crippen LogP contribution in [-0.2, 0) is 60.8 Å². The van der Waals surface area contributed by atoms with Crippen LogP contribution >= 0.6 is 12.6 Å². The van der Waals surface area contributed by atoms with Gasteiger partial charge in [-0.3, -0.25) is 48.1 Å². The first-order valence-electron chi connectivity index (χ1n) is 23.4. The van der Waals surface area contributed by atoms with E-state index in [-0.39, 0.29) is 68.3 Å². The number of carboxylic acids is 1. The molecular formula is C46H69N13O14S. The van der Waals surface area contributed by atoms with Crippen molar-refractivity contribution in [2.45, 2.75) is 114 Å². The third-order valence-corrected chi connectivity index (χ3v) is 11.5. The van der Waals surface area contributed by atoms with Crippen LogP contribution in [0, 0.1) is 5.92 Å². The molecule has 9 amide bonds. The second-order valence-corrected chi connectivity index (χ2v) is 17.6. The van der Waals surface area contributed by atoms with Gasteiger partial charge in [0.1, 0.15) is 47.8 Å². The van der Waals surface area contributed by atoms with Crippen molar-refractivity contribution in [3.63, 3.8) is 0 Å². The standard InChI is InChI=1S/C46H69N13O14S/c1-4-23(2)37(59-42(69)33(22-74)57-44(71)38(24(3)60)58-36(65)21-52-39(66)29(47)18-25-7-11-27(61)12-8-25)43(70)56-32(19-26-9-13-28(62)14-10-26)41(68)55-30(15-16-34(48)63)40(67)53-20-35(64)54-31(45(72)73)6-5-17-51-46(49)50/h7-14,23-24,29-33,37-38,60-62,74H,4-6,15-22,47H2,1-3H3,(H2,48,63)(H,52,66)(H,53,67)(H,54,64)(H,55,68)(H,56,70)(H,57,71)(H,58,65)(H,59,69)(H,72,73)(H4,49,50,51)/t23-,24+,29-,30-,31-,32-,33-,37-,38-/m0/s1. The number of phenolic OH excluding ortho intramolecular Hbond substituents is 2. The van der Waals surface area contributed by atoms with E-state index >= 15 is 0 Å². The van der Waals surface area contributed by atoms with E-state index < -0.39 is 133 Å². The molecule has 28 heteroatoms. The summed E-state index contributed by atoms with van der Waals surface area (Å²) in [5, 5.41) is 58.6. The number of thiol groups is 1. The molecular weight excluding hydrogens is 991 g/mol. The minimum Gasteiger partial charge on any atom is -0.508 e. The van der Waals surface area contributed by atoms with Crippen molar-refractivity contribution in [1.82, 2.24) is 42.5 Å². The van der Waals surface area contributed by atoms with Crippen LogP contribution in [0.25, 0.3) is 0 Å². The summed E-state index contributed by atoms with van der Waals surface area (Å²) in [7, 11) is 0. The average Bonchev–Trinajstić information content (AvgIpc) is 3.34. The molecule has 0 spiro atoms. The van der Waals surface area contributed by atoms with E-state index in [2.05, 4.69) is 60.2 Å². The normalized spacial score (nSPS) is 14.5. The lowest BCUT2D eigenvalue weighted by molar-refractivity contribution is -0.142. The van der Waals surface area contributed by atoms with Gasteiger partial charge in [-0.25, -0.2) is 4.79 Å². The second-order valence-electron chi connectivity index (χ2n) is 17.2. The van der Waals surface area contributed by atoms with Crippen LogP contribution in [0.3, 0.4) is 0 Å². The number of carbonyl (C=O) groups excluding carboxylic acids is 9. The van der Waals surface area contributed by atoms with E-state index in [0.717, 1.165) is 0 Å². The molecule has 0 fully saturated rings. The van der Waals surface area contributed by atoms with Crippen LogP contribution in [0.15, 0.2) is 53.5 Å². The van der Waals surface area contributed by atoms with Gasteiger partial charge in [0.05, 0.1) is 25.2 Å². The third kappa shape index (κ3) is 22.8. The predicted molar refractivity (Wildman–Crippen MR) is 270 cm³/mol. The minimum atomic E-state index is -1.65. The topological polar surface area (TPSA) is 464 Å². The first-order chi connectivity index (χ1) is 34.8. The van der Waals surface area contributed by atoms with Crippen LogP contribution < -0.4 is 65.5 Å². The minimum absolute atomic E-state index is 0.0185. The van der Waals surface area contributed by atoms with E-state index in [1.807, 2.05) is 0 Å². The Labute approximate surface area is 431 Å². The molecule has 0 radical (unpaired) electrons. The highest BCUT2D eigenvalue weighted by molar-refractivity contribution is 7.80. The maximum atomic E-state index is 14.2. The molecule has 0 unspecified atom stereocenters. The summed E-state index contributed by atoms with van der Waals surface area (Å²) in [5.41, 5.74) is 22.9. The molecule has 0 heterocycles. The van der Waals surface area contributed by atoms with Gasteiger partial charge in [0.25, 0.3) is 0 Å². The molecule has 2 rings (SSSR count). The number of benzene rings is 2. The molecule has 0 aromatic heterocycles. The molecule has 9 atom stereocenters. The number of guanidine groups is 1. The number of nitrogens with two attached hydrogens (primary N) is 4. The van der Waals surface area contributed by atoms with Crippen LogP contribution in [0.5, 0.6) is 11.5 Å². The first-order valence-corrected chi connectivity index (χ1v) is 24.0. The van der Waals surface area contributed by atoms with Crippen molar-refractivity contribution in [2.75, 3.05) is 25.4 Å². The van der Waals surface area contributed by atoms with Gasteiger partial charge in [-0.15, -0.1) is 0 Å². The number of aromatic hydroxyl groups is 2. The van der Waals surface area contributed by atoms with Gasteiger partial charge in [-0.1, -0.05) is 44.5 Å². The fourth-order valence-electron chi connectivity index (χ4n) is 6.78. The van der Waals surface area contributed by atoms with Crippen molar-refractivity contribution in [3.8, 4) is 11.5 Å². The maximum absolute atomic E-state index is 14.2. The highest BCUT2D eigenvalue weighted by atomic mass is 32.1. The monoisotopic (exact) mass is 1060 g/mol. The van der Waals surface area contributed by atoms with Crippen molar-refractivity contribution in [2.24, 2.45) is 33.8 Å². The number of carbonyl (C=O) groups is 10. The molecule has 0 saturated carbocycles. The first kappa shape index (κ1) is 62.4. The highest BCUT2D eigenvalue weighted by Crippen LogP contribution is 2.15. The summed E-state index contributed by atoms with van der Waals surface area (Å²) in [6.45, 7) is 3.18. The molecule has 0 aliphatic rings. The lowest BCUT2D eigenvalue weighted by atomic mass is 9.96. The fourth-order valence-corrected chi connectivity index (χ4v) is 7.04. The van der Waals surface area contributed by atoms with Crippen LogP contribution in [-0.4, -0.2) is 159 Å². The van der Waals surface area contributed by atoms with Gasteiger partial charge in [0.2, 0.25) is 53.2 Å². The number of carboxylic acid groups (broad SMARTS) is 1. The number of aliphatic hydroxyl groups is 1. The molecule has 0 aliphatic heterocycles. The fraction of sp³-hybridized carbons (Fsp3) is 0.500. The Morgan fingerprint density at radius 1 is 0.608 bits per heavy atom. The largest absolute Gasteiger partial charge is 0.508 e. The Morgan fingerprint density at radius 3 is 1.62 bits per heavy atom. The van der Waals surface area contributed by atoms with Gasteiger partial charge in [-0.05, 0) is 73.9 Å². The number of nitrogens with zero attached hydrogens (tertiary/aromatic N) is 1. The lowest BCUT2D eigenvalue weighted by Crippen LogP contribution is -2.62. The van der Waals surface area contributed by atoms with Crippen molar-refractivity contribution >= 4 is 77.7 Å². The van der Waals surface area contributed by atoms with Gasteiger partial charge in [0.15, 0.2) is 5.96 Å². The van der Waals surface area contributed by atoms with E-state index in [1.54, 1.807) is 26.0 Å². The highest BCUT2D eigenvalue weighted by Gasteiger charge is 2.35. The Hall–Kier alpha value is -7.72. The number of amides is 9. The molecule has 0 aliphatic carbocycles. The zero-order chi connectivity index (χ0) is 55.7. The van der Waals surface area contributed by atoms with E-state index in [0.29, 0.717) is 11.1 Å². The molecule has 74 heavy (non-hydrogen) atoms. The second kappa shape index (κ2) is 31.7. The Balaban J connectivity index is 2.25.